The first-order valence-electron chi connectivity index (χ1n) is 13.3. The molecule has 8 nitrogen and oxygen atoms in total. The van der Waals surface area contributed by atoms with E-state index in [2.05, 4.69) is 10.3 Å². The van der Waals surface area contributed by atoms with Crippen molar-refractivity contribution < 1.29 is 22.7 Å². The summed E-state index contributed by atoms with van der Waals surface area (Å²) in [5, 5.41) is 7.51. The van der Waals surface area contributed by atoms with Gasteiger partial charge in [-0.25, -0.2) is 14.5 Å². The third-order valence-corrected chi connectivity index (χ3v) is 7.66. The van der Waals surface area contributed by atoms with E-state index in [0.29, 0.717) is 28.0 Å². The number of hydrogen-bond acceptors (Lipinski definition) is 5. The highest BCUT2D eigenvalue weighted by Gasteiger charge is 2.35. The Bertz CT molecular complexity index is 1560. The highest BCUT2D eigenvalue weighted by molar-refractivity contribution is 6.32. The highest BCUT2D eigenvalue weighted by atomic mass is 35.5. The van der Waals surface area contributed by atoms with Gasteiger partial charge in [-0.05, 0) is 61.4 Å². The summed E-state index contributed by atoms with van der Waals surface area (Å²) in [5.41, 5.74) is 0.0692. The number of amides is 2. The summed E-state index contributed by atoms with van der Waals surface area (Å²) in [4.78, 5) is 23.9. The maximum atomic E-state index is 13.7. The maximum Gasteiger partial charge on any atom is 0.418 e. The number of anilines is 1. The van der Waals surface area contributed by atoms with E-state index in [1.807, 2.05) is 6.07 Å². The number of nitrogens with one attached hydrogen (secondary N) is 1. The largest absolute Gasteiger partial charge is 0.495 e. The second kappa shape index (κ2) is 12.6. The van der Waals surface area contributed by atoms with Crippen molar-refractivity contribution in [2.75, 3.05) is 19.0 Å². The number of pyridine rings is 1. The molecular weight excluding hydrogens is 592 g/mol. The van der Waals surface area contributed by atoms with Crippen molar-refractivity contribution in [3.05, 3.63) is 76.5 Å². The summed E-state index contributed by atoms with van der Waals surface area (Å²) in [6.45, 7) is 0.412. The van der Waals surface area contributed by atoms with E-state index in [1.165, 1.54) is 19.2 Å². The van der Waals surface area contributed by atoms with Gasteiger partial charge in [0, 0.05) is 41.1 Å². The number of hydrogen-bond donors (Lipinski definition) is 1. The molecule has 1 N–H and O–H groups in total. The van der Waals surface area contributed by atoms with Crippen LogP contribution in [0.25, 0.3) is 22.8 Å². The fraction of sp³-hybridized carbons (Fsp3) is 0.310. The third kappa shape index (κ3) is 6.63. The van der Waals surface area contributed by atoms with E-state index >= 15 is 0 Å². The number of ether oxygens (including phenoxy) is 1. The van der Waals surface area contributed by atoms with Crippen LogP contribution in [0, 0.1) is 0 Å². The van der Waals surface area contributed by atoms with Crippen molar-refractivity contribution in [2.45, 2.75) is 44.4 Å². The van der Waals surface area contributed by atoms with Gasteiger partial charge in [-0.2, -0.15) is 18.3 Å². The molecule has 1 saturated carbocycles. The van der Waals surface area contributed by atoms with Crippen molar-refractivity contribution in [1.82, 2.24) is 24.6 Å². The molecular formula is C29H27Cl2F3N6O2. The fourth-order valence-electron chi connectivity index (χ4n) is 5.06. The Morgan fingerprint density at radius 1 is 1.07 bits per heavy atom. The Balaban J connectivity index is 1.45. The number of nitrogens with zero attached hydrogens (tertiary/aromatic N) is 5. The molecule has 4 aromatic rings. The molecule has 2 amide bonds. The minimum Gasteiger partial charge on any atom is -0.495 e. The SMILES string of the molecule is COc1ccc(-c2nc(-c3ccncc3)nn2CCN(C(=O)Nc2ccc(Cl)cc2C(F)(F)F)C2CCCC2)cc1Cl. The van der Waals surface area contributed by atoms with Gasteiger partial charge in [-0.1, -0.05) is 36.0 Å². The first-order valence-corrected chi connectivity index (χ1v) is 14.0. The van der Waals surface area contributed by atoms with E-state index in [9.17, 15) is 18.0 Å². The molecule has 42 heavy (non-hydrogen) atoms. The first kappa shape index (κ1) is 29.7. The molecule has 0 radical (unpaired) electrons. The Morgan fingerprint density at radius 2 is 1.81 bits per heavy atom. The summed E-state index contributed by atoms with van der Waals surface area (Å²) >= 11 is 12.2. The van der Waals surface area contributed by atoms with Crippen molar-refractivity contribution >= 4 is 34.9 Å². The maximum absolute atomic E-state index is 13.7. The zero-order chi connectivity index (χ0) is 29.9. The Labute approximate surface area is 250 Å². The molecule has 0 saturated heterocycles. The molecule has 1 aliphatic rings. The summed E-state index contributed by atoms with van der Waals surface area (Å²) in [6, 6.07) is 11.4. The lowest BCUT2D eigenvalue weighted by molar-refractivity contribution is -0.136. The molecule has 0 bridgehead atoms. The molecule has 5 rings (SSSR count). The Kier molecular flexibility index (Phi) is 8.88. The zero-order valence-electron chi connectivity index (χ0n) is 22.5. The van der Waals surface area contributed by atoms with Gasteiger partial charge in [0.05, 0.1) is 29.9 Å². The molecule has 220 valence electrons. The number of rotatable bonds is 8. The second-order valence-electron chi connectivity index (χ2n) is 9.82. The average Bonchev–Trinajstić information content (AvgIpc) is 3.65. The molecule has 2 aromatic carbocycles. The quantitative estimate of drug-likeness (QED) is 0.218. The van der Waals surface area contributed by atoms with Crippen LogP contribution in [0.15, 0.2) is 60.9 Å². The van der Waals surface area contributed by atoms with Crippen LogP contribution in [-0.4, -0.2) is 50.4 Å². The van der Waals surface area contributed by atoms with Crippen molar-refractivity contribution in [3.8, 4) is 28.5 Å². The number of benzene rings is 2. The predicted molar refractivity (Wildman–Crippen MR) is 155 cm³/mol. The second-order valence-corrected chi connectivity index (χ2v) is 10.7. The van der Waals surface area contributed by atoms with Crippen LogP contribution in [-0.2, 0) is 12.7 Å². The number of aromatic nitrogens is 4. The van der Waals surface area contributed by atoms with E-state index in [-0.39, 0.29) is 29.8 Å². The van der Waals surface area contributed by atoms with Gasteiger partial charge in [0.2, 0.25) is 0 Å². The molecule has 0 atom stereocenters. The third-order valence-electron chi connectivity index (χ3n) is 7.13. The Morgan fingerprint density at radius 3 is 2.48 bits per heavy atom. The predicted octanol–water partition coefficient (Wildman–Crippen LogP) is 7.82. The number of halogens is 5. The van der Waals surface area contributed by atoms with Gasteiger partial charge in [0.1, 0.15) is 5.75 Å². The number of alkyl halides is 3. The lowest BCUT2D eigenvalue weighted by Crippen LogP contribution is -2.43. The van der Waals surface area contributed by atoms with E-state index in [1.54, 1.807) is 46.2 Å². The molecule has 0 aliphatic heterocycles. The zero-order valence-corrected chi connectivity index (χ0v) is 24.0. The summed E-state index contributed by atoms with van der Waals surface area (Å²) in [6.07, 6.45) is 1.94. The van der Waals surface area contributed by atoms with Crippen molar-refractivity contribution in [3.63, 3.8) is 0 Å². The molecule has 13 heteroatoms. The molecule has 2 heterocycles. The Hall–Kier alpha value is -3.83. The van der Waals surface area contributed by atoms with E-state index < -0.39 is 17.8 Å². The van der Waals surface area contributed by atoms with Crippen LogP contribution in [0.2, 0.25) is 10.0 Å². The van der Waals surface area contributed by atoms with Gasteiger partial charge in [0.25, 0.3) is 0 Å². The van der Waals surface area contributed by atoms with Gasteiger partial charge < -0.3 is 15.0 Å². The summed E-state index contributed by atoms with van der Waals surface area (Å²) in [5.74, 6) is 1.47. The van der Waals surface area contributed by atoms with Gasteiger partial charge >= 0.3 is 12.2 Å². The number of carbonyl (C=O) groups is 1. The van der Waals surface area contributed by atoms with Crippen molar-refractivity contribution in [1.29, 1.82) is 0 Å². The van der Waals surface area contributed by atoms with Gasteiger partial charge in [0.15, 0.2) is 11.6 Å². The molecule has 0 spiro atoms. The van der Waals surface area contributed by atoms with Gasteiger partial charge in [-0.3, -0.25) is 4.98 Å². The highest BCUT2D eigenvalue weighted by Crippen LogP contribution is 2.37. The van der Waals surface area contributed by atoms with Crippen LogP contribution < -0.4 is 10.1 Å². The van der Waals surface area contributed by atoms with Crippen LogP contribution >= 0.6 is 23.2 Å². The fourth-order valence-corrected chi connectivity index (χ4v) is 5.49. The van der Waals surface area contributed by atoms with Crippen LogP contribution in [0.5, 0.6) is 5.75 Å². The normalized spacial score (nSPS) is 13.8. The molecule has 0 unspecified atom stereocenters. The number of carbonyl (C=O) groups excluding carboxylic acids is 1. The van der Waals surface area contributed by atoms with Gasteiger partial charge in [-0.15, -0.1) is 0 Å². The number of urea groups is 1. The standard InChI is InChI=1S/C29H27Cl2F3N6O2/c1-42-25-9-6-19(16-23(25)31)27-37-26(18-10-12-35-13-11-18)38-40(27)15-14-39(21-4-2-3-5-21)28(41)36-24-8-7-20(30)17-22(24)29(32,33)34/h6-13,16-17,21H,2-5,14-15H2,1H3,(H,36,41). The lowest BCUT2D eigenvalue weighted by atomic mass is 10.1. The average molecular weight is 619 g/mol. The number of methoxy groups -OCH3 is 1. The topological polar surface area (TPSA) is 85.2 Å². The van der Waals surface area contributed by atoms with Crippen LogP contribution in [0.4, 0.5) is 23.7 Å². The van der Waals surface area contributed by atoms with Crippen LogP contribution in [0.3, 0.4) is 0 Å². The molecule has 2 aromatic heterocycles. The minimum absolute atomic E-state index is 0.0738. The van der Waals surface area contributed by atoms with E-state index in [0.717, 1.165) is 37.3 Å². The summed E-state index contributed by atoms with van der Waals surface area (Å²) in [7, 11) is 1.52. The smallest absolute Gasteiger partial charge is 0.418 e. The van der Waals surface area contributed by atoms with Crippen LogP contribution in [0.1, 0.15) is 31.2 Å². The summed E-state index contributed by atoms with van der Waals surface area (Å²) < 4.78 is 48.1. The first-order chi connectivity index (χ1) is 20.1. The minimum atomic E-state index is -4.69. The van der Waals surface area contributed by atoms with Crippen molar-refractivity contribution in [2.24, 2.45) is 0 Å². The molecule has 1 fully saturated rings. The van der Waals surface area contributed by atoms with E-state index in [4.69, 9.17) is 38.0 Å². The lowest BCUT2D eigenvalue weighted by Gasteiger charge is -2.30. The molecule has 1 aliphatic carbocycles. The monoisotopic (exact) mass is 618 g/mol.